The van der Waals surface area contributed by atoms with Gasteiger partial charge >= 0.3 is 6.18 Å². The summed E-state index contributed by atoms with van der Waals surface area (Å²) in [5.41, 5.74) is -0.807. The molecule has 0 atom stereocenters. The Morgan fingerprint density at radius 2 is 2.06 bits per heavy atom. The minimum atomic E-state index is -4.55. The van der Waals surface area contributed by atoms with Crippen LogP contribution in [0.2, 0.25) is 5.02 Å². The lowest BCUT2D eigenvalue weighted by Gasteiger charge is -2.13. The van der Waals surface area contributed by atoms with Gasteiger partial charge < -0.3 is 10.6 Å². The van der Waals surface area contributed by atoms with Crippen molar-refractivity contribution in [3.63, 3.8) is 0 Å². The Morgan fingerprint density at radius 1 is 1.44 bits per heavy atom. The summed E-state index contributed by atoms with van der Waals surface area (Å²) < 4.78 is 42.5. The molecule has 0 heterocycles. The molecule has 7 heteroatoms. The molecule has 0 saturated heterocycles. The highest BCUT2D eigenvalue weighted by atomic mass is 35.5. The fraction of sp³-hybridized carbons (Fsp3) is 0.222. The quantitative estimate of drug-likeness (QED) is 0.500. The monoisotopic (exact) mass is 252 g/mol. The molecular formula is C9H8ClF3N2O. The van der Waals surface area contributed by atoms with E-state index in [-0.39, 0.29) is 10.6 Å². The van der Waals surface area contributed by atoms with Gasteiger partial charge in [-0.15, -0.1) is 0 Å². The first-order valence-electron chi connectivity index (χ1n) is 4.08. The van der Waals surface area contributed by atoms with Gasteiger partial charge in [0.15, 0.2) is 0 Å². The predicted octanol–water partition coefficient (Wildman–Crippen LogP) is 2.66. The van der Waals surface area contributed by atoms with Crippen molar-refractivity contribution in [1.82, 2.24) is 0 Å². The second-order valence-electron chi connectivity index (χ2n) is 2.86. The molecule has 88 valence electrons. The van der Waals surface area contributed by atoms with Crippen LogP contribution in [0.5, 0.6) is 5.75 Å². The molecule has 0 aliphatic carbocycles. The number of ether oxygens (including phenoxy) is 1. The van der Waals surface area contributed by atoms with E-state index >= 15 is 0 Å². The number of hydrogen-bond acceptors (Lipinski definition) is 3. The molecule has 0 aliphatic heterocycles. The smallest absolute Gasteiger partial charge is 0.420 e. The average molecular weight is 253 g/mol. The minimum absolute atomic E-state index is 0.146. The predicted molar refractivity (Wildman–Crippen MR) is 54.8 cm³/mol. The van der Waals surface area contributed by atoms with Gasteiger partial charge in [-0.1, -0.05) is 11.6 Å². The number of benzene rings is 1. The molecule has 1 aromatic carbocycles. The Labute approximate surface area is 94.6 Å². The molecule has 0 bridgehead atoms. The lowest BCUT2D eigenvalue weighted by atomic mass is 10.1. The Bertz CT molecular complexity index is 418. The Hall–Kier alpha value is -1.43. The molecule has 1 rings (SSSR count). The fourth-order valence-electron chi connectivity index (χ4n) is 1.19. The van der Waals surface area contributed by atoms with E-state index in [2.05, 4.69) is 9.84 Å². The largest absolute Gasteiger partial charge is 0.495 e. The molecule has 0 radical (unpaired) electrons. The van der Waals surface area contributed by atoms with Crippen LogP contribution in [0.25, 0.3) is 0 Å². The third-order valence-corrected chi connectivity index (χ3v) is 2.08. The van der Waals surface area contributed by atoms with Crippen molar-refractivity contribution in [2.75, 3.05) is 7.11 Å². The summed E-state index contributed by atoms with van der Waals surface area (Å²) in [5.74, 6) is 4.44. The molecule has 0 aromatic heterocycles. The number of alkyl halides is 3. The van der Waals surface area contributed by atoms with Crippen LogP contribution in [0.1, 0.15) is 11.1 Å². The van der Waals surface area contributed by atoms with Gasteiger partial charge in [-0.2, -0.15) is 18.3 Å². The zero-order valence-corrected chi connectivity index (χ0v) is 8.93. The van der Waals surface area contributed by atoms with Crippen molar-refractivity contribution in [2.45, 2.75) is 6.18 Å². The van der Waals surface area contributed by atoms with Crippen LogP contribution in [0.15, 0.2) is 17.2 Å². The first-order chi connectivity index (χ1) is 7.40. The van der Waals surface area contributed by atoms with E-state index < -0.39 is 17.5 Å². The second-order valence-corrected chi connectivity index (χ2v) is 3.27. The van der Waals surface area contributed by atoms with Crippen molar-refractivity contribution in [1.29, 1.82) is 0 Å². The number of hydrogen-bond donors (Lipinski definition) is 1. The number of nitrogens with zero attached hydrogens (tertiary/aromatic N) is 1. The van der Waals surface area contributed by atoms with E-state index in [1.807, 2.05) is 0 Å². The highest BCUT2D eigenvalue weighted by Gasteiger charge is 2.35. The van der Waals surface area contributed by atoms with Crippen LogP contribution in [0, 0.1) is 0 Å². The Morgan fingerprint density at radius 3 is 2.50 bits per heavy atom. The number of methoxy groups -OCH3 is 1. The van der Waals surface area contributed by atoms with Crippen LogP contribution >= 0.6 is 11.6 Å². The minimum Gasteiger partial charge on any atom is -0.495 e. The van der Waals surface area contributed by atoms with Gasteiger partial charge in [0, 0.05) is 0 Å². The van der Waals surface area contributed by atoms with Crippen molar-refractivity contribution in [2.24, 2.45) is 10.9 Å². The van der Waals surface area contributed by atoms with Crippen LogP contribution in [0.3, 0.4) is 0 Å². The molecule has 0 fully saturated rings. The summed E-state index contributed by atoms with van der Waals surface area (Å²) in [6.07, 6.45) is -3.48. The van der Waals surface area contributed by atoms with Crippen LogP contribution in [-0.2, 0) is 6.18 Å². The summed E-state index contributed by atoms with van der Waals surface area (Å²) in [4.78, 5) is 0. The van der Waals surface area contributed by atoms with Crippen molar-refractivity contribution < 1.29 is 17.9 Å². The lowest BCUT2D eigenvalue weighted by Crippen LogP contribution is -2.09. The van der Waals surface area contributed by atoms with Crippen LogP contribution in [0.4, 0.5) is 13.2 Å². The Kier molecular flexibility index (Phi) is 3.64. The highest BCUT2D eigenvalue weighted by molar-refractivity contribution is 6.32. The third kappa shape index (κ3) is 2.57. The van der Waals surface area contributed by atoms with Crippen molar-refractivity contribution >= 4 is 17.8 Å². The van der Waals surface area contributed by atoms with Crippen LogP contribution < -0.4 is 10.6 Å². The molecule has 2 N–H and O–H groups in total. The van der Waals surface area contributed by atoms with E-state index in [0.717, 1.165) is 19.4 Å². The van der Waals surface area contributed by atoms with E-state index in [1.54, 1.807) is 0 Å². The molecule has 0 spiro atoms. The Balaban J connectivity index is 3.43. The second kappa shape index (κ2) is 4.61. The number of hydrazone groups is 1. The normalized spacial score (nSPS) is 12.1. The van der Waals surface area contributed by atoms with E-state index in [1.165, 1.54) is 6.07 Å². The molecule has 0 unspecified atom stereocenters. The molecule has 0 saturated carbocycles. The van der Waals surface area contributed by atoms with Crippen molar-refractivity contribution in [3.05, 3.63) is 28.3 Å². The summed E-state index contributed by atoms with van der Waals surface area (Å²) in [5, 5.41) is 2.99. The highest BCUT2D eigenvalue weighted by Crippen LogP contribution is 2.40. The maximum absolute atomic E-state index is 12.6. The first kappa shape index (κ1) is 12.6. The molecule has 16 heavy (non-hydrogen) atoms. The first-order valence-corrected chi connectivity index (χ1v) is 4.46. The maximum Gasteiger partial charge on any atom is 0.420 e. The average Bonchev–Trinajstić information content (AvgIpc) is 2.16. The van der Waals surface area contributed by atoms with Gasteiger partial charge in [0.1, 0.15) is 5.75 Å². The summed E-state index contributed by atoms with van der Waals surface area (Å²) >= 11 is 5.65. The summed E-state index contributed by atoms with van der Waals surface area (Å²) in [6, 6.07) is 2.15. The number of nitrogens with two attached hydrogens (primary N) is 1. The van der Waals surface area contributed by atoms with Gasteiger partial charge in [-0.25, -0.2) is 0 Å². The fourth-order valence-corrected chi connectivity index (χ4v) is 1.50. The molecule has 0 amide bonds. The summed E-state index contributed by atoms with van der Waals surface area (Å²) in [7, 11) is 1.12. The molecule has 1 aromatic rings. The molecule has 3 nitrogen and oxygen atoms in total. The van der Waals surface area contributed by atoms with Gasteiger partial charge in [0.2, 0.25) is 0 Å². The van der Waals surface area contributed by atoms with E-state index in [9.17, 15) is 13.2 Å². The SMILES string of the molecule is COc1c(Cl)cc(C=NN)cc1C(F)(F)F. The van der Waals surface area contributed by atoms with E-state index in [0.29, 0.717) is 0 Å². The standard InChI is InChI=1S/C9H8ClF3N2O/c1-16-8-6(9(11,12)13)2-5(4-15-14)3-7(8)10/h2-4H,14H2,1H3. The van der Waals surface area contributed by atoms with Gasteiger partial charge in [-0.05, 0) is 17.7 Å². The molecular weight excluding hydrogens is 245 g/mol. The zero-order chi connectivity index (χ0) is 12.3. The molecule has 0 aliphatic rings. The zero-order valence-electron chi connectivity index (χ0n) is 8.18. The van der Waals surface area contributed by atoms with Gasteiger partial charge in [0.05, 0.1) is 23.9 Å². The van der Waals surface area contributed by atoms with E-state index in [4.69, 9.17) is 17.4 Å². The summed E-state index contributed by atoms with van der Waals surface area (Å²) in [6.45, 7) is 0. The van der Waals surface area contributed by atoms with Crippen molar-refractivity contribution in [3.8, 4) is 5.75 Å². The third-order valence-electron chi connectivity index (χ3n) is 1.80. The van der Waals surface area contributed by atoms with Gasteiger partial charge in [-0.3, -0.25) is 0 Å². The van der Waals surface area contributed by atoms with Gasteiger partial charge in [0.25, 0.3) is 0 Å². The van der Waals surface area contributed by atoms with Crippen LogP contribution in [-0.4, -0.2) is 13.3 Å². The maximum atomic E-state index is 12.6. The number of rotatable bonds is 2. The topological polar surface area (TPSA) is 47.6 Å². The lowest BCUT2D eigenvalue weighted by molar-refractivity contribution is -0.138. The number of halogens is 4.